The lowest BCUT2D eigenvalue weighted by Gasteiger charge is -2.28. The molecule has 4 rings (SSSR count). The molecule has 0 saturated carbocycles. The van der Waals surface area contributed by atoms with Crippen LogP contribution in [0, 0.1) is 13.8 Å². The molecule has 3 aromatic rings. The van der Waals surface area contributed by atoms with E-state index in [9.17, 15) is 4.79 Å². The van der Waals surface area contributed by atoms with Crippen molar-refractivity contribution < 1.29 is 14.3 Å². The molecular weight excluding hydrogens is 480 g/mol. The van der Waals surface area contributed by atoms with Crippen LogP contribution in [0.3, 0.4) is 0 Å². The van der Waals surface area contributed by atoms with Gasteiger partial charge >= 0.3 is 6.09 Å². The number of amides is 1. The smallest absolute Gasteiger partial charge is 0.412 e. The van der Waals surface area contributed by atoms with Gasteiger partial charge in [-0.25, -0.2) is 14.8 Å². The monoisotopic (exact) mass is 516 g/mol. The number of aromatic nitrogens is 2. The van der Waals surface area contributed by atoms with Crippen molar-refractivity contribution in [3.8, 4) is 0 Å². The van der Waals surface area contributed by atoms with Crippen molar-refractivity contribution in [3.63, 3.8) is 0 Å². The summed E-state index contributed by atoms with van der Waals surface area (Å²) >= 11 is 0. The van der Waals surface area contributed by atoms with Gasteiger partial charge < -0.3 is 14.4 Å². The molecule has 2 heterocycles. The van der Waals surface area contributed by atoms with E-state index in [1.807, 2.05) is 76.2 Å². The fourth-order valence-electron chi connectivity index (χ4n) is 4.11. The zero-order valence-corrected chi connectivity index (χ0v) is 22.5. The first-order valence-electron chi connectivity index (χ1n) is 12.9. The number of carbonyl (C=O) groups excluding carboxylic acids is 1. The number of hydrazone groups is 1. The molecule has 1 aliphatic heterocycles. The summed E-state index contributed by atoms with van der Waals surface area (Å²) in [5.41, 5.74) is 6.28. The predicted octanol–water partition coefficient (Wildman–Crippen LogP) is 5.34. The van der Waals surface area contributed by atoms with Gasteiger partial charge in [0.15, 0.2) is 5.82 Å². The second-order valence-electron chi connectivity index (χ2n) is 10.1. The molecule has 2 N–H and O–H groups in total. The van der Waals surface area contributed by atoms with E-state index >= 15 is 0 Å². The molecule has 38 heavy (non-hydrogen) atoms. The molecule has 9 heteroatoms. The molecule has 0 atom stereocenters. The van der Waals surface area contributed by atoms with Crippen LogP contribution < -0.4 is 15.6 Å². The van der Waals surface area contributed by atoms with Crippen LogP contribution >= 0.6 is 0 Å². The van der Waals surface area contributed by atoms with Gasteiger partial charge in [0.1, 0.15) is 17.2 Å². The molecule has 1 aromatic heterocycles. The zero-order chi connectivity index (χ0) is 27.0. The van der Waals surface area contributed by atoms with Crippen LogP contribution in [0.1, 0.15) is 42.8 Å². The molecule has 1 amide bonds. The number of hydrogen-bond donors (Lipinski definition) is 2. The average molecular weight is 517 g/mol. The summed E-state index contributed by atoms with van der Waals surface area (Å²) in [6.07, 6.45) is 2.36. The Morgan fingerprint density at radius 1 is 1.08 bits per heavy atom. The molecule has 0 spiro atoms. The molecule has 0 radical (unpaired) electrons. The summed E-state index contributed by atoms with van der Waals surface area (Å²) in [5.74, 6) is 2.08. The van der Waals surface area contributed by atoms with E-state index in [0.717, 1.165) is 30.0 Å². The van der Waals surface area contributed by atoms with Gasteiger partial charge in [-0.3, -0.25) is 10.7 Å². The average Bonchev–Trinajstić information content (AvgIpc) is 2.88. The van der Waals surface area contributed by atoms with E-state index in [1.54, 1.807) is 6.21 Å². The van der Waals surface area contributed by atoms with Gasteiger partial charge in [-0.1, -0.05) is 42.0 Å². The van der Waals surface area contributed by atoms with Crippen LogP contribution in [0.2, 0.25) is 0 Å². The molecule has 9 nitrogen and oxygen atoms in total. The Labute approximate surface area is 224 Å². The number of rotatable bonds is 9. The van der Waals surface area contributed by atoms with Crippen molar-refractivity contribution in [2.45, 2.75) is 46.1 Å². The molecule has 200 valence electrons. The van der Waals surface area contributed by atoms with Crippen molar-refractivity contribution in [2.75, 3.05) is 41.9 Å². The minimum Gasteiger partial charge on any atom is -0.443 e. The van der Waals surface area contributed by atoms with Crippen LogP contribution in [-0.2, 0) is 15.9 Å². The summed E-state index contributed by atoms with van der Waals surface area (Å²) in [4.78, 5) is 24.2. The highest BCUT2D eigenvalue weighted by Gasteiger charge is 2.24. The summed E-state index contributed by atoms with van der Waals surface area (Å²) in [6, 6.07) is 17.6. The van der Waals surface area contributed by atoms with Gasteiger partial charge in [-0.05, 0) is 57.4 Å². The highest BCUT2D eigenvalue weighted by molar-refractivity contribution is 5.85. The van der Waals surface area contributed by atoms with Gasteiger partial charge in [0.05, 0.1) is 19.4 Å². The third-order valence-electron chi connectivity index (χ3n) is 6.11. The van der Waals surface area contributed by atoms with Crippen LogP contribution in [0.5, 0.6) is 0 Å². The molecule has 0 aliphatic carbocycles. The van der Waals surface area contributed by atoms with Crippen LogP contribution in [0.25, 0.3) is 0 Å². The van der Waals surface area contributed by atoms with Crippen molar-refractivity contribution in [3.05, 3.63) is 77.1 Å². The fraction of sp³-hybridized carbons (Fsp3) is 0.379. The number of aryl methyl sites for hydroxylation is 3. The number of hydrogen-bond acceptors (Lipinski definition) is 8. The van der Waals surface area contributed by atoms with Crippen molar-refractivity contribution in [2.24, 2.45) is 5.10 Å². The SMILES string of the molecule is Cc1cccc(C=NNc2cc(N3CCOCC3)nc(CCC(C)(C)OC(=O)Nc3cccc(C)c3)n2)c1. The van der Waals surface area contributed by atoms with Crippen LogP contribution in [-0.4, -0.2) is 54.2 Å². The van der Waals surface area contributed by atoms with Crippen LogP contribution in [0.15, 0.2) is 59.7 Å². The molecule has 0 unspecified atom stereocenters. The quantitative estimate of drug-likeness (QED) is 0.293. The number of benzene rings is 2. The summed E-state index contributed by atoms with van der Waals surface area (Å²) < 4.78 is 11.2. The van der Waals surface area contributed by atoms with E-state index in [0.29, 0.717) is 43.4 Å². The summed E-state index contributed by atoms with van der Waals surface area (Å²) in [6.45, 7) is 10.6. The predicted molar refractivity (Wildman–Crippen MR) is 151 cm³/mol. The topological polar surface area (TPSA) is 101 Å². The molecule has 0 bridgehead atoms. The molecule has 1 saturated heterocycles. The zero-order valence-electron chi connectivity index (χ0n) is 22.5. The third-order valence-corrected chi connectivity index (χ3v) is 6.11. The molecule has 2 aromatic carbocycles. The van der Waals surface area contributed by atoms with E-state index in [4.69, 9.17) is 14.5 Å². The third kappa shape index (κ3) is 8.27. The number of nitrogens with one attached hydrogen (secondary N) is 2. The normalized spacial score (nSPS) is 13.9. The second-order valence-corrected chi connectivity index (χ2v) is 10.1. The standard InChI is InChI=1S/C29H36N6O3/c1-21-7-5-9-23(17-21)20-30-34-26-19-27(35-13-15-37-16-14-35)33-25(32-26)11-12-29(3,4)38-28(36)31-24-10-6-8-22(2)18-24/h5-10,17-20H,11-16H2,1-4H3,(H,31,36)(H,32,33,34). The summed E-state index contributed by atoms with van der Waals surface area (Å²) in [7, 11) is 0. The second kappa shape index (κ2) is 12.5. The first kappa shape index (κ1) is 27.1. The number of anilines is 3. The Morgan fingerprint density at radius 2 is 1.82 bits per heavy atom. The Bertz CT molecular complexity index is 1270. The lowest BCUT2D eigenvalue weighted by Crippen LogP contribution is -2.37. The van der Waals surface area contributed by atoms with Gasteiger partial charge in [0.25, 0.3) is 0 Å². The highest BCUT2D eigenvalue weighted by atomic mass is 16.6. The van der Waals surface area contributed by atoms with E-state index < -0.39 is 11.7 Å². The Hall–Kier alpha value is -3.98. The number of carbonyl (C=O) groups is 1. The Balaban J connectivity index is 1.43. The first-order valence-corrected chi connectivity index (χ1v) is 12.9. The van der Waals surface area contributed by atoms with E-state index in [1.165, 1.54) is 5.56 Å². The number of nitrogens with zero attached hydrogens (tertiary/aromatic N) is 4. The lowest BCUT2D eigenvalue weighted by molar-refractivity contribution is 0.0422. The number of ether oxygens (including phenoxy) is 2. The van der Waals surface area contributed by atoms with Crippen molar-refractivity contribution in [1.29, 1.82) is 0 Å². The van der Waals surface area contributed by atoms with Gasteiger partial charge in [-0.2, -0.15) is 5.10 Å². The number of morpholine rings is 1. The Kier molecular flexibility index (Phi) is 8.91. The maximum atomic E-state index is 12.5. The van der Waals surface area contributed by atoms with E-state index in [2.05, 4.69) is 31.8 Å². The molecule has 1 aliphatic rings. The minimum absolute atomic E-state index is 0.489. The maximum Gasteiger partial charge on any atom is 0.412 e. The van der Waals surface area contributed by atoms with E-state index in [-0.39, 0.29) is 0 Å². The van der Waals surface area contributed by atoms with Crippen LogP contribution in [0.4, 0.5) is 22.1 Å². The first-order chi connectivity index (χ1) is 18.3. The highest BCUT2D eigenvalue weighted by Crippen LogP contribution is 2.22. The van der Waals surface area contributed by atoms with Gasteiger partial charge in [0, 0.05) is 31.3 Å². The van der Waals surface area contributed by atoms with Crippen molar-refractivity contribution >= 4 is 29.6 Å². The molecular formula is C29H36N6O3. The van der Waals surface area contributed by atoms with Crippen molar-refractivity contribution in [1.82, 2.24) is 9.97 Å². The summed E-state index contributed by atoms with van der Waals surface area (Å²) in [5, 5.41) is 7.19. The maximum absolute atomic E-state index is 12.5. The Morgan fingerprint density at radius 3 is 2.55 bits per heavy atom. The molecule has 1 fully saturated rings. The largest absolute Gasteiger partial charge is 0.443 e. The lowest BCUT2D eigenvalue weighted by atomic mass is 10.0. The van der Waals surface area contributed by atoms with Gasteiger partial charge in [-0.15, -0.1) is 0 Å². The fourth-order valence-corrected chi connectivity index (χ4v) is 4.11. The minimum atomic E-state index is -0.719. The van der Waals surface area contributed by atoms with Gasteiger partial charge in [0.2, 0.25) is 0 Å².